The number of carboxylic acid groups (broad SMARTS) is 1. The van der Waals surface area contributed by atoms with Crippen LogP contribution >= 0.6 is 11.8 Å². The molecular formula is C13H15NO3S. The molecule has 0 unspecified atom stereocenters. The Morgan fingerprint density at radius 1 is 1.28 bits per heavy atom. The van der Waals surface area contributed by atoms with Crippen LogP contribution in [0.25, 0.3) is 0 Å². The van der Waals surface area contributed by atoms with E-state index >= 15 is 0 Å². The summed E-state index contributed by atoms with van der Waals surface area (Å²) in [5.74, 6) is 0.0842. The molecule has 2 atom stereocenters. The second-order valence-electron chi connectivity index (χ2n) is 4.24. The molecule has 1 aromatic rings. The minimum atomic E-state index is -0.932. The molecule has 5 heteroatoms. The van der Waals surface area contributed by atoms with E-state index in [4.69, 9.17) is 0 Å². The van der Waals surface area contributed by atoms with Crippen LogP contribution in [-0.2, 0) is 9.59 Å². The van der Waals surface area contributed by atoms with E-state index in [1.54, 1.807) is 11.8 Å². The molecule has 0 radical (unpaired) electrons. The van der Waals surface area contributed by atoms with Crippen molar-refractivity contribution in [1.29, 1.82) is 0 Å². The van der Waals surface area contributed by atoms with Gasteiger partial charge in [-0.05, 0) is 5.56 Å². The lowest BCUT2D eigenvalue weighted by atomic mass is 10.0. The van der Waals surface area contributed by atoms with Crippen molar-refractivity contribution < 1.29 is 14.7 Å². The third kappa shape index (κ3) is 2.51. The molecule has 1 fully saturated rings. The minimum Gasteiger partial charge on any atom is -0.480 e. The van der Waals surface area contributed by atoms with Crippen LogP contribution in [0.2, 0.25) is 0 Å². The number of nitrogens with zero attached hydrogens (tertiary/aromatic N) is 1. The summed E-state index contributed by atoms with van der Waals surface area (Å²) < 4.78 is 0. The Morgan fingerprint density at radius 2 is 1.94 bits per heavy atom. The number of hydrogen-bond acceptors (Lipinski definition) is 3. The lowest BCUT2D eigenvalue weighted by Crippen LogP contribution is -2.51. The van der Waals surface area contributed by atoms with Crippen molar-refractivity contribution in [3.63, 3.8) is 0 Å². The first kappa shape index (κ1) is 13.0. The predicted octanol–water partition coefficient (Wildman–Crippen LogP) is 1.78. The molecule has 0 spiro atoms. The van der Waals surface area contributed by atoms with Crippen molar-refractivity contribution >= 4 is 23.6 Å². The zero-order valence-electron chi connectivity index (χ0n) is 10.1. The summed E-state index contributed by atoms with van der Waals surface area (Å²) in [5.41, 5.74) is 0.992. The maximum Gasteiger partial charge on any atom is 0.327 e. The van der Waals surface area contributed by atoms with Crippen LogP contribution in [0.15, 0.2) is 30.3 Å². The number of benzene rings is 1. The molecule has 18 heavy (non-hydrogen) atoms. The molecule has 96 valence electrons. The number of carbonyl (C=O) groups is 2. The maximum absolute atomic E-state index is 11.8. The number of hydrogen-bond donors (Lipinski definition) is 1. The van der Waals surface area contributed by atoms with Gasteiger partial charge in [-0.1, -0.05) is 30.3 Å². The van der Waals surface area contributed by atoms with E-state index in [0.29, 0.717) is 5.75 Å². The van der Waals surface area contributed by atoms with Crippen LogP contribution in [0.3, 0.4) is 0 Å². The van der Waals surface area contributed by atoms with Crippen LogP contribution in [-0.4, -0.2) is 39.4 Å². The molecule has 1 aliphatic heterocycles. The van der Waals surface area contributed by atoms with Crippen LogP contribution in [0.1, 0.15) is 18.5 Å². The molecular weight excluding hydrogens is 250 g/mol. The van der Waals surface area contributed by atoms with E-state index in [1.807, 2.05) is 30.3 Å². The second kappa shape index (κ2) is 5.44. The molecule has 2 rings (SSSR count). The van der Waals surface area contributed by atoms with E-state index in [9.17, 15) is 14.7 Å². The molecule has 0 aromatic heterocycles. The monoisotopic (exact) mass is 265 g/mol. The van der Waals surface area contributed by atoms with Gasteiger partial charge >= 0.3 is 5.97 Å². The molecule has 0 saturated carbocycles. The van der Waals surface area contributed by atoms with Crippen LogP contribution in [0.5, 0.6) is 0 Å². The Bertz CT molecular complexity index is 449. The van der Waals surface area contributed by atoms with Gasteiger partial charge in [0.15, 0.2) is 0 Å². The fraction of sp³-hybridized carbons (Fsp3) is 0.385. The highest BCUT2D eigenvalue weighted by Crippen LogP contribution is 2.33. The molecule has 4 nitrogen and oxygen atoms in total. The lowest BCUT2D eigenvalue weighted by molar-refractivity contribution is -0.150. The van der Waals surface area contributed by atoms with Crippen molar-refractivity contribution in [3.05, 3.63) is 35.9 Å². The van der Waals surface area contributed by atoms with Crippen molar-refractivity contribution in [2.24, 2.45) is 0 Å². The highest BCUT2D eigenvalue weighted by molar-refractivity contribution is 7.99. The fourth-order valence-electron chi connectivity index (χ4n) is 2.23. The van der Waals surface area contributed by atoms with E-state index in [0.717, 1.165) is 11.3 Å². The summed E-state index contributed by atoms with van der Waals surface area (Å²) >= 11 is 1.58. The number of amides is 1. The van der Waals surface area contributed by atoms with Gasteiger partial charge in [-0.2, -0.15) is 11.8 Å². The number of rotatable bonds is 2. The number of carbonyl (C=O) groups excluding carboxylic acids is 1. The molecule has 0 bridgehead atoms. The van der Waals surface area contributed by atoms with Gasteiger partial charge in [-0.3, -0.25) is 4.79 Å². The van der Waals surface area contributed by atoms with E-state index < -0.39 is 12.0 Å². The third-order valence-electron chi connectivity index (χ3n) is 3.06. The SMILES string of the molecule is CC(=O)N1[C@@H](C(=O)O)CSC[C@H]1c1ccccc1. The first-order valence-corrected chi connectivity index (χ1v) is 6.91. The zero-order chi connectivity index (χ0) is 13.1. The highest BCUT2D eigenvalue weighted by Gasteiger charge is 2.37. The van der Waals surface area contributed by atoms with Gasteiger partial charge in [-0.25, -0.2) is 4.79 Å². The number of aliphatic carboxylic acids is 1. The Kier molecular flexibility index (Phi) is 3.91. The summed E-state index contributed by atoms with van der Waals surface area (Å²) in [6, 6.07) is 8.71. The average molecular weight is 265 g/mol. The quantitative estimate of drug-likeness (QED) is 0.885. The second-order valence-corrected chi connectivity index (χ2v) is 5.32. The van der Waals surface area contributed by atoms with Gasteiger partial charge in [0.05, 0.1) is 6.04 Å². The zero-order valence-corrected chi connectivity index (χ0v) is 10.9. The first-order valence-electron chi connectivity index (χ1n) is 5.75. The smallest absolute Gasteiger partial charge is 0.327 e. The Labute approximate surface area is 110 Å². The Balaban J connectivity index is 2.33. The molecule has 1 saturated heterocycles. The van der Waals surface area contributed by atoms with Crippen LogP contribution in [0.4, 0.5) is 0 Å². The summed E-state index contributed by atoms with van der Waals surface area (Å²) in [7, 11) is 0. The van der Waals surface area contributed by atoms with Crippen molar-refractivity contribution in [1.82, 2.24) is 4.90 Å². The van der Waals surface area contributed by atoms with E-state index in [-0.39, 0.29) is 11.9 Å². The van der Waals surface area contributed by atoms with E-state index in [1.165, 1.54) is 11.8 Å². The summed E-state index contributed by atoms with van der Waals surface area (Å²) in [5, 5.41) is 9.22. The molecule has 0 aliphatic carbocycles. The molecule has 1 aliphatic rings. The van der Waals surface area contributed by atoms with Gasteiger partial charge in [0.2, 0.25) is 5.91 Å². The molecule has 1 N–H and O–H groups in total. The topological polar surface area (TPSA) is 57.6 Å². The number of carboxylic acids is 1. The Hall–Kier alpha value is -1.49. The minimum absolute atomic E-state index is 0.149. The molecule has 1 heterocycles. The van der Waals surface area contributed by atoms with Crippen molar-refractivity contribution in [3.8, 4) is 0 Å². The largest absolute Gasteiger partial charge is 0.480 e. The van der Waals surface area contributed by atoms with Gasteiger partial charge in [-0.15, -0.1) is 0 Å². The molecule has 1 amide bonds. The predicted molar refractivity (Wildman–Crippen MR) is 70.5 cm³/mol. The normalized spacial score (nSPS) is 23.7. The fourth-order valence-corrected chi connectivity index (χ4v) is 3.47. The van der Waals surface area contributed by atoms with Crippen molar-refractivity contribution in [2.45, 2.75) is 19.0 Å². The van der Waals surface area contributed by atoms with Gasteiger partial charge in [0.25, 0.3) is 0 Å². The van der Waals surface area contributed by atoms with Crippen molar-refractivity contribution in [2.75, 3.05) is 11.5 Å². The first-order chi connectivity index (χ1) is 8.61. The van der Waals surface area contributed by atoms with Gasteiger partial charge in [0, 0.05) is 18.4 Å². The van der Waals surface area contributed by atoms with Crippen LogP contribution < -0.4 is 0 Å². The lowest BCUT2D eigenvalue weighted by Gasteiger charge is -2.39. The molecule has 1 aromatic carbocycles. The third-order valence-corrected chi connectivity index (χ3v) is 4.16. The highest BCUT2D eigenvalue weighted by atomic mass is 32.2. The van der Waals surface area contributed by atoms with Crippen LogP contribution in [0, 0.1) is 0 Å². The maximum atomic E-state index is 11.8. The standard InChI is InChI=1S/C13H15NO3S/c1-9(15)14-11(10-5-3-2-4-6-10)7-18-8-12(14)13(16)17/h2-6,11-12H,7-8H2,1H3,(H,16,17)/t11-,12+/m0/s1. The van der Waals surface area contributed by atoms with Gasteiger partial charge < -0.3 is 10.0 Å². The number of thioether (sulfide) groups is 1. The average Bonchev–Trinajstić information content (AvgIpc) is 2.38. The van der Waals surface area contributed by atoms with Gasteiger partial charge in [0.1, 0.15) is 6.04 Å². The summed E-state index contributed by atoms with van der Waals surface area (Å²) in [6.07, 6.45) is 0. The van der Waals surface area contributed by atoms with E-state index in [2.05, 4.69) is 0 Å². The summed E-state index contributed by atoms with van der Waals surface area (Å²) in [4.78, 5) is 24.5. The summed E-state index contributed by atoms with van der Waals surface area (Å²) in [6.45, 7) is 1.43. The Morgan fingerprint density at radius 3 is 2.50 bits per heavy atom.